The predicted octanol–water partition coefficient (Wildman–Crippen LogP) is -4.37. The summed E-state index contributed by atoms with van der Waals surface area (Å²) >= 11 is 0. The quantitative estimate of drug-likeness (QED) is 0.271. The highest BCUT2D eigenvalue weighted by molar-refractivity contribution is 5.56. The Morgan fingerprint density at radius 2 is 1.82 bits per heavy atom. The summed E-state index contributed by atoms with van der Waals surface area (Å²) in [6, 6.07) is -1.10. The van der Waals surface area contributed by atoms with Crippen LogP contribution in [0.5, 0.6) is 0 Å². The maximum Gasteiger partial charge on any atom is 0.176 e. The molecule has 2 fully saturated rings. The van der Waals surface area contributed by atoms with E-state index in [0.29, 0.717) is 6.29 Å². The zero-order chi connectivity index (χ0) is 16.4. The maximum atomic E-state index is 11.1. The Morgan fingerprint density at radius 1 is 1.14 bits per heavy atom. The van der Waals surface area contributed by atoms with E-state index < -0.39 is 61.7 Å². The molecule has 0 radical (unpaired) electrons. The first-order valence-corrected chi connectivity index (χ1v) is 6.97. The van der Waals surface area contributed by atoms with E-state index in [1.807, 2.05) is 0 Å². The van der Waals surface area contributed by atoms with Crippen LogP contribution in [0.1, 0.15) is 0 Å². The number of aliphatic hydroxyl groups excluding tert-OH is 4. The van der Waals surface area contributed by atoms with Crippen molar-refractivity contribution in [1.82, 2.24) is 0 Å². The van der Waals surface area contributed by atoms with E-state index in [1.54, 1.807) is 0 Å². The molecule has 2 heterocycles. The molecule has 2 aliphatic rings. The van der Waals surface area contributed by atoms with E-state index in [4.69, 9.17) is 25.7 Å². The molecule has 9 atom stereocenters. The van der Waals surface area contributed by atoms with Crippen LogP contribution in [-0.2, 0) is 19.0 Å². The van der Waals surface area contributed by atoms with Gasteiger partial charge in [0.15, 0.2) is 12.6 Å². The number of rotatable bonds is 5. The molecule has 128 valence electrons. The Kier molecular flexibility index (Phi) is 5.82. The van der Waals surface area contributed by atoms with E-state index in [-0.39, 0.29) is 6.54 Å². The van der Waals surface area contributed by atoms with Gasteiger partial charge in [-0.1, -0.05) is 0 Å². The number of hydrogen-bond acceptors (Lipinski definition) is 10. The van der Waals surface area contributed by atoms with Gasteiger partial charge in [-0.2, -0.15) is 0 Å². The summed E-state index contributed by atoms with van der Waals surface area (Å²) in [7, 11) is 0. The van der Waals surface area contributed by atoms with E-state index in [9.17, 15) is 25.2 Å². The van der Waals surface area contributed by atoms with Crippen molar-refractivity contribution in [3.05, 3.63) is 0 Å². The fraction of sp³-hybridized carbons (Fsp3) is 0.917. The predicted molar refractivity (Wildman–Crippen MR) is 70.1 cm³/mol. The van der Waals surface area contributed by atoms with E-state index in [0.717, 1.165) is 0 Å². The van der Waals surface area contributed by atoms with Crippen molar-refractivity contribution < 1.29 is 39.4 Å². The second-order valence-electron chi connectivity index (χ2n) is 5.40. The molecule has 0 aromatic carbocycles. The summed E-state index contributed by atoms with van der Waals surface area (Å²) in [6.45, 7) is -0.561. The number of ether oxygens (including phenoxy) is 3. The third-order valence-electron chi connectivity index (χ3n) is 4.00. The van der Waals surface area contributed by atoms with Crippen molar-refractivity contribution in [2.45, 2.75) is 49.1 Å². The molecule has 2 saturated heterocycles. The van der Waals surface area contributed by atoms with Crippen LogP contribution in [0.3, 0.4) is 0 Å². The number of carbonyl (C=O) groups is 1. The zero-order valence-corrected chi connectivity index (χ0v) is 11.8. The molecule has 8 N–H and O–H groups in total. The largest absolute Gasteiger partial charge is 0.394 e. The molecule has 9 unspecified atom stereocenters. The second-order valence-corrected chi connectivity index (χ2v) is 5.40. The lowest BCUT2D eigenvalue weighted by Crippen LogP contribution is -2.64. The molecule has 2 aliphatic heterocycles. The van der Waals surface area contributed by atoms with Gasteiger partial charge in [0, 0.05) is 6.54 Å². The summed E-state index contributed by atoms with van der Waals surface area (Å²) in [4.78, 5) is 11.1. The van der Waals surface area contributed by atoms with Gasteiger partial charge < -0.3 is 50.9 Å². The Hall–Kier alpha value is -0.690. The highest BCUT2D eigenvalue weighted by Crippen LogP contribution is 2.30. The van der Waals surface area contributed by atoms with Crippen LogP contribution in [0, 0.1) is 5.92 Å². The molecule has 10 nitrogen and oxygen atoms in total. The van der Waals surface area contributed by atoms with Gasteiger partial charge in [-0.15, -0.1) is 0 Å². The molecule has 2 rings (SSSR count). The first-order chi connectivity index (χ1) is 10.4. The normalized spacial score (nSPS) is 49.3. The summed E-state index contributed by atoms with van der Waals surface area (Å²) in [5.74, 6) is -1.03. The fourth-order valence-corrected chi connectivity index (χ4v) is 2.65. The van der Waals surface area contributed by atoms with Crippen LogP contribution in [-0.4, -0.2) is 89.0 Å². The van der Waals surface area contributed by atoms with Crippen molar-refractivity contribution in [2.24, 2.45) is 17.4 Å². The van der Waals surface area contributed by atoms with Crippen molar-refractivity contribution in [3.8, 4) is 0 Å². The van der Waals surface area contributed by atoms with Crippen molar-refractivity contribution in [2.75, 3.05) is 13.2 Å². The van der Waals surface area contributed by atoms with Crippen LogP contribution in [0.25, 0.3) is 0 Å². The van der Waals surface area contributed by atoms with E-state index in [1.165, 1.54) is 0 Å². The third kappa shape index (κ3) is 3.15. The van der Waals surface area contributed by atoms with Crippen LogP contribution in [0.15, 0.2) is 0 Å². The molecular formula is C12H22N2O8. The molecule has 0 amide bonds. The minimum Gasteiger partial charge on any atom is -0.394 e. The Balaban J connectivity index is 2.11. The van der Waals surface area contributed by atoms with Crippen molar-refractivity contribution in [3.63, 3.8) is 0 Å². The number of carbonyl (C=O) groups excluding carboxylic acids is 1. The molecule has 22 heavy (non-hydrogen) atoms. The second kappa shape index (κ2) is 7.25. The third-order valence-corrected chi connectivity index (χ3v) is 4.00. The topological polar surface area (TPSA) is 178 Å². The van der Waals surface area contributed by atoms with Crippen molar-refractivity contribution >= 4 is 6.29 Å². The monoisotopic (exact) mass is 322 g/mol. The lowest BCUT2D eigenvalue weighted by Gasteiger charge is -2.42. The molecular weight excluding hydrogens is 300 g/mol. The molecule has 0 aromatic rings. The van der Waals surface area contributed by atoms with Gasteiger partial charge in [0.2, 0.25) is 0 Å². The molecule has 0 bridgehead atoms. The average molecular weight is 322 g/mol. The van der Waals surface area contributed by atoms with Gasteiger partial charge in [0.25, 0.3) is 0 Å². The minimum atomic E-state index is -1.42. The molecule has 10 heteroatoms. The van der Waals surface area contributed by atoms with Crippen molar-refractivity contribution in [1.29, 1.82) is 0 Å². The molecule has 0 saturated carbocycles. The summed E-state index contributed by atoms with van der Waals surface area (Å²) < 4.78 is 16.0. The maximum absolute atomic E-state index is 11.1. The number of hydrogen-bond donors (Lipinski definition) is 6. The number of aldehydes is 1. The lowest BCUT2D eigenvalue weighted by molar-refractivity contribution is -0.276. The smallest absolute Gasteiger partial charge is 0.176 e. The number of aliphatic hydroxyl groups is 4. The Bertz CT molecular complexity index is 384. The molecule has 0 spiro atoms. The zero-order valence-electron chi connectivity index (χ0n) is 11.8. The molecule has 0 aromatic heterocycles. The van der Waals surface area contributed by atoms with Gasteiger partial charge in [-0.05, 0) is 0 Å². The molecule has 0 aliphatic carbocycles. The van der Waals surface area contributed by atoms with Crippen LogP contribution in [0.4, 0.5) is 0 Å². The van der Waals surface area contributed by atoms with Crippen LogP contribution < -0.4 is 11.5 Å². The van der Waals surface area contributed by atoms with Gasteiger partial charge in [0.05, 0.1) is 18.6 Å². The fourth-order valence-electron chi connectivity index (χ4n) is 2.65. The first-order valence-electron chi connectivity index (χ1n) is 6.97. The summed E-state index contributed by atoms with van der Waals surface area (Å²) in [5, 5.41) is 38.5. The highest BCUT2D eigenvalue weighted by atomic mass is 16.7. The standard InChI is InChI=1S/C12H22N2O8/c13-1-5-8(17)9(18)7(14)12(21-5)22-10-4(2-15)11(19)20-6(10)3-16/h2,4-12,16-19H,1,3,13-14H2. The first kappa shape index (κ1) is 17.7. The lowest BCUT2D eigenvalue weighted by atomic mass is 9.96. The van der Waals surface area contributed by atoms with Gasteiger partial charge >= 0.3 is 0 Å². The van der Waals surface area contributed by atoms with Gasteiger partial charge in [0.1, 0.15) is 36.8 Å². The minimum absolute atomic E-state index is 0.0743. The Morgan fingerprint density at radius 3 is 2.36 bits per heavy atom. The summed E-state index contributed by atoms with van der Waals surface area (Å²) in [5.41, 5.74) is 11.2. The Labute approximate surface area is 126 Å². The van der Waals surface area contributed by atoms with Gasteiger partial charge in [-0.25, -0.2) is 0 Å². The van der Waals surface area contributed by atoms with Gasteiger partial charge in [-0.3, -0.25) is 0 Å². The van der Waals surface area contributed by atoms with Crippen LogP contribution in [0.2, 0.25) is 0 Å². The SMILES string of the molecule is NCC1OC(OC2C(CO)OC(O)C2C=O)C(N)C(O)C1O. The van der Waals surface area contributed by atoms with E-state index >= 15 is 0 Å². The van der Waals surface area contributed by atoms with E-state index in [2.05, 4.69) is 0 Å². The number of nitrogens with two attached hydrogens (primary N) is 2. The highest BCUT2D eigenvalue weighted by Gasteiger charge is 2.49. The average Bonchev–Trinajstić information content (AvgIpc) is 2.82. The van der Waals surface area contributed by atoms with Crippen LogP contribution >= 0.6 is 0 Å². The summed E-state index contributed by atoms with van der Waals surface area (Å²) in [6.07, 6.45) is -7.58.